The lowest BCUT2D eigenvalue weighted by molar-refractivity contribution is 0.0326. The number of hydrogen-bond acceptors (Lipinski definition) is 2. The molecule has 1 N–H and O–H groups in total. The van der Waals surface area contributed by atoms with Gasteiger partial charge in [0, 0.05) is 18.1 Å². The van der Waals surface area contributed by atoms with Crippen molar-refractivity contribution in [2.45, 2.75) is 90.8 Å². The van der Waals surface area contributed by atoms with Gasteiger partial charge in [0.25, 0.3) is 0 Å². The molecule has 0 spiro atoms. The van der Waals surface area contributed by atoms with Gasteiger partial charge < -0.3 is 5.32 Å². The molecule has 0 aromatic carbocycles. The van der Waals surface area contributed by atoms with Gasteiger partial charge in [0.15, 0.2) is 0 Å². The van der Waals surface area contributed by atoms with Gasteiger partial charge in [-0.1, -0.05) is 34.1 Å². The van der Waals surface area contributed by atoms with Crippen molar-refractivity contribution < 1.29 is 0 Å². The minimum atomic E-state index is 0.697. The van der Waals surface area contributed by atoms with E-state index in [9.17, 15) is 0 Å². The standard InChI is InChI=1S/C19H38N2/c1-6-16-8-10-17(11-9-16)21(5)19-15(4)12-14(3)13-18(19)20-7-2/h14-20H,6-13H2,1-5H3. The number of nitrogens with one attached hydrogen (secondary N) is 1. The zero-order chi connectivity index (χ0) is 15.4. The van der Waals surface area contributed by atoms with E-state index in [-0.39, 0.29) is 0 Å². The van der Waals surface area contributed by atoms with E-state index in [0.717, 1.165) is 36.4 Å². The van der Waals surface area contributed by atoms with E-state index in [4.69, 9.17) is 0 Å². The zero-order valence-electron chi connectivity index (χ0n) is 15.1. The zero-order valence-corrected chi connectivity index (χ0v) is 15.1. The highest BCUT2D eigenvalue weighted by Crippen LogP contribution is 2.36. The third kappa shape index (κ3) is 4.22. The molecule has 0 bridgehead atoms. The molecule has 0 saturated heterocycles. The Hall–Kier alpha value is -0.0800. The number of likely N-dealkylation sites (N-methyl/N-ethyl adjacent to an activating group) is 2. The van der Waals surface area contributed by atoms with Crippen LogP contribution in [0.4, 0.5) is 0 Å². The predicted octanol–water partition coefficient (Wildman–Crippen LogP) is 4.30. The summed E-state index contributed by atoms with van der Waals surface area (Å²) in [5.41, 5.74) is 0. The first-order chi connectivity index (χ1) is 10.1. The Morgan fingerprint density at radius 2 is 1.67 bits per heavy atom. The van der Waals surface area contributed by atoms with E-state index in [1.54, 1.807) is 0 Å². The van der Waals surface area contributed by atoms with Gasteiger partial charge in [0.05, 0.1) is 0 Å². The minimum Gasteiger partial charge on any atom is -0.313 e. The first-order valence-corrected chi connectivity index (χ1v) is 9.52. The lowest BCUT2D eigenvalue weighted by atomic mass is 9.74. The Balaban J connectivity index is 1.99. The average molecular weight is 295 g/mol. The van der Waals surface area contributed by atoms with Gasteiger partial charge in [-0.3, -0.25) is 4.90 Å². The van der Waals surface area contributed by atoms with Crippen LogP contribution < -0.4 is 5.32 Å². The molecular formula is C19H38N2. The molecule has 4 unspecified atom stereocenters. The molecule has 2 nitrogen and oxygen atoms in total. The van der Waals surface area contributed by atoms with Crippen LogP contribution in [0.25, 0.3) is 0 Å². The van der Waals surface area contributed by atoms with Crippen LogP contribution in [0.1, 0.15) is 72.6 Å². The van der Waals surface area contributed by atoms with Crippen molar-refractivity contribution >= 4 is 0 Å². The number of nitrogens with zero attached hydrogens (tertiary/aromatic N) is 1. The molecule has 2 rings (SSSR count). The van der Waals surface area contributed by atoms with Gasteiger partial charge >= 0.3 is 0 Å². The molecule has 0 aliphatic heterocycles. The normalized spacial score (nSPS) is 41.4. The summed E-state index contributed by atoms with van der Waals surface area (Å²) in [6.07, 6.45) is 9.90. The lowest BCUT2D eigenvalue weighted by Gasteiger charge is -2.48. The van der Waals surface area contributed by atoms with Crippen molar-refractivity contribution in [2.24, 2.45) is 17.8 Å². The molecule has 0 aromatic rings. The van der Waals surface area contributed by atoms with Crippen LogP contribution in [0.15, 0.2) is 0 Å². The van der Waals surface area contributed by atoms with Crippen LogP contribution in [0.3, 0.4) is 0 Å². The van der Waals surface area contributed by atoms with Crippen molar-refractivity contribution in [2.75, 3.05) is 13.6 Å². The molecule has 0 aromatic heterocycles. The molecule has 0 heterocycles. The van der Waals surface area contributed by atoms with Gasteiger partial charge in [-0.15, -0.1) is 0 Å². The molecular weight excluding hydrogens is 256 g/mol. The molecule has 2 aliphatic carbocycles. The Bertz CT molecular complexity index is 296. The molecule has 4 atom stereocenters. The van der Waals surface area contributed by atoms with Crippen LogP contribution in [-0.4, -0.2) is 36.6 Å². The fraction of sp³-hybridized carbons (Fsp3) is 1.00. The number of rotatable bonds is 5. The Labute approximate surface area is 133 Å². The maximum Gasteiger partial charge on any atom is 0.0274 e. The second kappa shape index (κ2) is 7.97. The van der Waals surface area contributed by atoms with E-state index in [2.05, 4.69) is 45.0 Å². The van der Waals surface area contributed by atoms with Crippen molar-refractivity contribution in [3.05, 3.63) is 0 Å². The second-order valence-corrected chi connectivity index (χ2v) is 7.96. The summed E-state index contributed by atoms with van der Waals surface area (Å²) in [5, 5.41) is 3.79. The fourth-order valence-corrected chi connectivity index (χ4v) is 5.20. The SMILES string of the molecule is CCNC1CC(C)CC(C)C1N(C)C1CCC(CC)CC1. The van der Waals surface area contributed by atoms with Crippen molar-refractivity contribution in [3.8, 4) is 0 Å². The fourth-order valence-electron chi connectivity index (χ4n) is 5.20. The van der Waals surface area contributed by atoms with Gasteiger partial charge in [-0.05, 0) is 69.9 Å². The van der Waals surface area contributed by atoms with Crippen LogP contribution in [0.5, 0.6) is 0 Å². The first-order valence-electron chi connectivity index (χ1n) is 9.52. The molecule has 21 heavy (non-hydrogen) atoms. The van der Waals surface area contributed by atoms with Crippen molar-refractivity contribution in [1.29, 1.82) is 0 Å². The summed E-state index contributed by atoms with van der Waals surface area (Å²) < 4.78 is 0. The molecule has 2 aliphatic rings. The monoisotopic (exact) mass is 294 g/mol. The summed E-state index contributed by atoms with van der Waals surface area (Å²) in [4.78, 5) is 2.77. The summed E-state index contributed by atoms with van der Waals surface area (Å²) in [7, 11) is 2.42. The van der Waals surface area contributed by atoms with Crippen LogP contribution >= 0.6 is 0 Å². The highest BCUT2D eigenvalue weighted by molar-refractivity contribution is 4.95. The molecule has 0 radical (unpaired) electrons. The van der Waals surface area contributed by atoms with Crippen LogP contribution in [-0.2, 0) is 0 Å². The Morgan fingerprint density at radius 1 is 1.00 bits per heavy atom. The predicted molar refractivity (Wildman–Crippen MR) is 92.6 cm³/mol. The van der Waals surface area contributed by atoms with Gasteiger partial charge in [0.1, 0.15) is 0 Å². The topological polar surface area (TPSA) is 15.3 Å². The minimum absolute atomic E-state index is 0.697. The highest BCUT2D eigenvalue weighted by Gasteiger charge is 2.38. The molecule has 124 valence electrons. The Kier molecular flexibility index (Phi) is 6.55. The van der Waals surface area contributed by atoms with E-state index >= 15 is 0 Å². The summed E-state index contributed by atoms with van der Waals surface area (Å²) in [6, 6.07) is 2.27. The third-order valence-electron chi connectivity index (χ3n) is 6.33. The second-order valence-electron chi connectivity index (χ2n) is 7.96. The highest BCUT2D eigenvalue weighted by atomic mass is 15.2. The average Bonchev–Trinajstić information content (AvgIpc) is 2.46. The van der Waals surface area contributed by atoms with E-state index in [0.29, 0.717) is 6.04 Å². The maximum absolute atomic E-state index is 3.79. The lowest BCUT2D eigenvalue weighted by Crippen LogP contribution is -2.58. The third-order valence-corrected chi connectivity index (χ3v) is 6.33. The molecule has 2 saturated carbocycles. The van der Waals surface area contributed by atoms with Crippen LogP contribution in [0, 0.1) is 17.8 Å². The molecule has 2 fully saturated rings. The van der Waals surface area contributed by atoms with Gasteiger partial charge in [0.2, 0.25) is 0 Å². The quantitative estimate of drug-likeness (QED) is 0.813. The largest absolute Gasteiger partial charge is 0.313 e. The smallest absolute Gasteiger partial charge is 0.0274 e. The molecule has 0 amide bonds. The van der Waals surface area contributed by atoms with E-state index < -0.39 is 0 Å². The summed E-state index contributed by atoms with van der Waals surface area (Å²) >= 11 is 0. The summed E-state index contributed by atoms with van der Waals surface area (Å²) in [6.45, 7) is 10.6. The van der Waals surface area contributed by atoms with E-state index in [1.165, 1.54) is 44.9 Å². The summed E-state index contributed by atoms with van der Waals surface area (Å²) in [5.74, 6) is 2.71. The van der Waals surface area contributed by atoms with Gasteiger partial charge in [-0.25, -0.2) is 0 Å². The molecule has 2 heteroatoms. The van der Waals surface area contributed by atoms with Gasteiger partial charge in [-0.2, -0.15) is 0 Å². The van der Waals surface area contributed by atoms with Crippen molar-refractivity contribution in [1.82, 2.24) is 10.2 Å². The van der Waals surface area contributed by atoms with E-state index in [1.807, 2.05) is 0 Å². The number of hydrogen-bond donors (Lipinski definition) is 1. The maximum atomic E-state index is 3.79. The Morgan fingerprint density at radius 3 is 2.24 bits per heavy atom. The first kappa shape index (κ1) is 17.3. The van der Waals surface area contributed by atoms with Crippen LogP contribution in [0.2, 0.25) is 0 Å². The van der Waals surface area contributed by atoms with Crippen molar-refractivity contribution in [3.63, 3.8) is 0 Å².